The van der Waals surface area contributed by atoms with Crippen molar-refractivity contribution in [3.05, 3.63) is 308 Å². The van der Waals surface area contributed by atoms with Gasteiger partial charge in [0.25, 0.3) is 5.82 Å². The van der Waals surface area contributed by atoms with Crippen LogP contribution < -0.4 is 4.98 Å². The molecule has 0 aliphatic carbocycles. The van der Waals surface area contributed by atoms with Gasteiger partial charge in [0.05, 0.1) is 22.6 Å². The van der Waals surface area contributed by atoms with Gasteiger partial charge in [0.1, 0.15) is 51.5 Å². The third-order valence-corrected chi connectivity index (χ3v) is 13.9. The lowest BCUT2D eigenvalue weighted by molar-refractivity contribution is -0.349. The molecule has 15 aromatic rings. The number of carbonyl (C=O) groups is 4. The standard InChI is InChI=1S/C26H22N4.C21H16N2.C16H12N2O2.2C6H6.C3H8OS.4C3H6O.C3H8.C2H6O.4C2H6/c1-17-23(19-9-5-3-6-10-19)29-25(27-17)21-13-15-22(16-14-21)26-28-18(2)24(30-26)20-11-7-4-8-12-20;1-4-10-16(11-5-1)19-20(17-12-6-2-7-13-17)23-21(22-19)18-14-8-3-9-15-18;1-9-17-13-7-11(3-5-15(13)19-9)12-4-6-16-14(8-12)18-10(2)20-16;2*1-2-4-6-5-3-1;1-5(2,3)4;4*1-3(2)4;2*1-3-2;4*1-2/h3-16H,1-2H3,(H,27,29)(H,28,30);1-15H,(H,22,23);3-8H,1-2H3;2*1-6H;1H2,2-3H3;4*1-2H3;3H2,1-2H3;1-2H3;4*1-2H3/p+1. The summed E-state index contributed by atoms with van der Waals surface area (Å²) >= 11 is 0. The smallest absolute Gasteiger partial charge is 0.285 e. The molecule has 0 aliphatic rings. The summed E-state index contributed by atoms with van der Waals surface area (Å²) in [6, 6.07) is 96.0. The Morgan fingerprint density at radius 3 is 0.942 bits per heavy atom. The van der Waals surface area contributed by atoms with E-state index < -0.39 is 9.52 Å². The van der Waals surface area contributed by atoms with E-state index in [4.69, 9.17) is 18.8 Å². The number of imidazole rings is 3. The third kappa shape index (κ3) is 45.2. The van der Waals surface area contributed by atoms with Gasteiger partial charge in [0.15, 0.2) is 28.6 Å². The van der Waals surface area contributed by atoms with Gasteiger partial charge in [-0.05, 0) is 125 Å². The van der Waals surface area contributed by atoms with Gasteiger partial charge in [-0.15, -0.1) is 0 Å². The minimum absolute atomic E-state index is 0.167. The number of fused-ring (bicyclic) bond motifs is 2. The van der Waals surface area contributed by atoms with Gasteiger partial charge in [-0.25, -0.2) is 29.9 Å². The Kier molecular flexibility index (Phi) is 56.9. The van der Waals surface area contributed by atoms with Crippen molar-refractivity contribution in [2.24, 2.45) is 0 Å². The second-order valence-electron chi connectivity index (χ2n) is 26.2. The van der Waals surface area contributed by atoms with Crippen LogP contribution in [0.3, 0.4) is 0 Å². The molecular formula is C103H133N8O8S+. The quantitative estimate of drug-likeness (QED) is 0.121. The van der Waals surface area contributed by atoms with Gasteiger partial charge >= 0.3 is 0 Å². The average molecular weight is 1640 g/mol. The number of carbonyl (C=O) groups excluding carboxylic acids is 4. The molecule has 638 valence electrons. The van der Waals surface area contributed by atoms with Crippen LogP contribution in [0.25, 0.3) is 113 Å². The Balaban J connectivity index is 0.00000141. The van der Waals surface area contributed by atoms with Crippen molar-refractivity contribution >= 4 is 60.7 Å². The first-order valence-corrected chi connectivity index (χ1v) is 43.1. The Morgan fingerprint density at radius 2 is 0.608 bits per heavy atom. The summed E-state index contributed by atoms with van der Waals surface area (Å²) in [5.74, 6) is 8.10. The van der Waals surface area contributed by atoms with Crippen molar-refractivity contribution in [2.75, 3.05) is 26.7 Å². The summed E-state index contributed by atoms with van der Waals surface area (Å²) in [6.07, 6.45) is 4.46. The van der Waals surface area contributed by atoms with E-state index in [1.54, 1.807) is 26.7 Å². The van der Waals surface area contributed by atoms with E-state index in [0.29, 0.717) is 11.8 Å². The first-order valence-electron chi connectivity index (χ1n) is 40.5. The van der Waals surface area contributed by atoms with Crippen molar-refractivity contribution < 1.29 is 41.9 Å². The lowest BCUT2D eigenvalue weighted by Crippen LogP contribution is -2.05. The maximum absolute atomic E-state index is 10.1. The Bertz CT molecular complexity index is 4880. The van der Waals surface area contributed by atoms with E-state index in [1.807, 2.05) is 257 Å². The van der Waals surface area contributed by atoms with Crippen LogP contribution in [-0.2, 0) is 33.4 Å². The van der Waals surface area contributed by atoms with Gasteiger partial charge in [-0.2, -0.15) is 0 Å². The first kappa shape index (κ1) is 107. The highest BCUT2D eigenvalue weighted by Gasteiger charge is 2.19. The molecule has 0 spiro atoms. The molecule has 5 aromatic heterocycles. The summed E-state index contributed by atoms with van der Waals surface area (Å²) in [4.78, 5) is 70.2. The predicted molar refractivity (Wildman–Crippen MR) is 512 cm³/mol. The van der Waals surface area contributed by atoms with Gasteiger partial charge in [0, 0.05) is 86.6 Å². The maximum atomic E-state index is 10.1. The number of oxazole rings is 2. The van der Waals surface area contributed by atoms with Crippen molar-refractivity contribution in [3.8, 4) is 90.3 Å². The minimum Gasteiger partial charge on any atom is -0.441 e. The number of rotatable bonds is 8. The van der Waals surface area contributed by atoms with Crippen LogP contribution in [-0.4, -0.2) is 94.8 Å². The van der Waals surface area contributed by atoms with Gasteiger partial charge in [-0.3, -0.25) is 4.21 Å². The highest BCUT2D eigenvalue weighted by Crippen LogP contribution is 2.34. The Hall–Kier alpha value is -12.6. The zero-order valence-corrected chi connectivity index (χ0v) is 76.8. The van der Waals surface area contributed by atoms with Crippen molar-refractivity contribution in [1.82, 2.24) is 34.9 Å². The number of benzene rings is 10. The molecule has 17 heteroatoms. The minimum atomic E-state index is -1.67. The van der Waals surface area contributed by atoms with E-state index in [0.717, 1.165) is 118 Å². The van der Waals surface area contributed by atoms with Crippen LogP contribution in [0, 0.1) is 27.7 Å². The van der Waals surface area contributed by atoms with Crippen LogP contribution in [0.4, 0.5) is 0 Å². The molecule has 10 aromatic carbocycles. The van der Waals surface area contributed by atoms with Crippen molar-refractivity contribution in [3.63, 3.8) is 0 Å². The fourth-order valence-electron chi connectivity index (χ4n) is 9.75. The summed E-state index contributed by atoms with van der Waals surface area (Å²) in [7, 11) is 1.58. The van der Waals surface area contributed by atoms with E-state index in [-0.39, 0.29) is 23.1 Å². The molecule has 0 saturated carbocycles. The molecule has 16 nitrogen and oxygen atoms in total. The van der Waals surface area contributed by atoms with E-state index in [9.17, 15) is 23.4 Å². The average Bonchev–Trinajstić information content (AvgIpc) is 1.40. The SMILES string of the molecule is C=S(C)(C)=O.CC.CC.CC.CC.CC(C)=O.CC(C)=O.CC(C)=O.CC(C)=O.CCC.COC.Cc1[nH]c(-c2ccc(-c3[nH]c(C)c(-c4ccccc4)[nH+]3)cc2)nc1-c1ccccc1.Cc1nc2cc(-c3ccc4oc(C)nc4c3)ccc2o1.c1ccc(-c2nc(-c3ccccc3)c(-c3ccccc3)[nH]2)cc1.c1ccccc1.c1ccccc1. The molecule has 0 aliphatic heterocycles. The van der Waals surface area contributed by atoms with Crippen molar-refractivity contribution in [1.29, 1.82) is 0 Å². The monoisotopic (exact) mass is 1640 g/mol. The van der Waals surface area contributed by atoms with Crippen LogP contribution in [0.1, 0.15) is 154 Å². The van der Waals surface area contributed by atoms with Gasteiger partial charge < -0.3 is 42.7 Å². The lowest BCUT2D eigenvalue weighted by Gasteiger charge is -2.02. The van der Waals surface area contributed by atoms with Crippen LogP contribution in [0.5, 0.6) is 0 Å². The number of hydrogen-bond acceptors (Lipinski definition) is 12. The molecule has 120 heavy (non-hydrogen) atoms. The summed E-state index contributed by atoms with van der Waals surface area (Å²) < 4.78 is 25.3. The van der Waals surface area contributed by atoms with E-state index in [1.165, 1.54) is 67.4 Å². The van der Waals surface area contributed by atoms with Crippen LogP contribution in [0.2, 0.25) is 0 Å². The van der Waals surface area contributed by atoms with Crippen molar-refractivity contribution in [2.45, 2.75) is 159 Å². The van der Waals surface area contributed by atoms with Crippen LogP contribution in [0.15, 0.2) is 294 Å². The number of aromatic amines is 4. The third-order valence-electron chi connectivity index (χ3n) is 13.9. The number of H-pyrrole nitrogens is 4. The van der Waals surface area contributed by atoms with Crippen LogP contribution >= 0.6 is 0 Å². The second-order valence-corrected chi connectivity index (χ2v) is 29.1. The molecule has 15 rings (SSSR count). The Morgan fingerprint density at radius 1 is 0.358 bits per heavy atom. The molecule has 5 heterocycles. The van der Waals surface area contributed by atoms with Gasteiger partial charge in [0.2, 0.25) is 0 Å². The second kappa shape index (κ2) is 63.6. The number of hydrogen-bond donors (Lipinski definition) is 3. The highest BCUT2D eigenvalue weighted by molar-refractivity contribution is 7.99. The molecule has 0 atom stereocenters. The molecule has 0 unspecified atom stereocenters. The fraction of sp³-hybridized carbons (Fsp3) is 0.262. The van der Waals surface area contributed by atoms with E-state index >= 15 is 0 Å². The predicted octanol–water partition coefficient (Wildman–Crippen LogP) is 27.0. The number of methoxy groups -OCH3 is 1. The number of aryl methyl sites for hydroxylation is 4. The summed E-state index contributed by atoms with van der Waals surface area (Å²) in [5, 5.41) is 0. The molecule has 0 fully saturated rings. The molecule has 0 bridgehead atoms. The first-order chi connectivity index (χ1) is 57.5. The summed E-state index contributed by atoms with van der Waals surface area (Å²) in [6.45, 7) is 40.3. The summed E-state index contributed by atoms with van der Waals surface area (Å²) in [5.41, 5.74) is 19.7. The molecule has 0 radical (unpaired) electrons. The molecular weight excluding hydrogens is 1510 g/mol. The number of ether oxygens (including phenoxy) is 1. The highest BCUT2D eigenvalue weighted by atomic mass is 32.2. The molecule has 4 N–H and O–H groups in total. The normalized spacial score (nSPS) is 9.35. The zero-order valence-electron chi connectivity index (χ0n) is 76.0. The maximum Gasteiger partial charge on any atom is 0.285 e. The number of nitrogens with one attached hydrogen (secondary N) is 4. The molecule has 0 saturated heterocycles. The number of ketones is 4. The molecule has 0 amide bonds. The lowest BCUT2D eigenvalue weighted by atomic mass is 10.0. The Labute approximate surface area is 717 Å². The van der Waals surface area contributed by atoms with E-state index in [2.05, 4.69) is 165 Å². The van der Waals surface area contributed by atoms with Gasteiger partial charge in [-0.1, -0.05) is 324 Å². The largest absolute Gasteiger partial charge is 0.441 e. The topological polar surface area (TPSA) is 234 Å². The fourth-order valence-corrected chi connectivity index (χ4v) is 9.75. The zero-order chi connectivity index (χ0) is 90.4. The number of aromatic nitrogens is 8. The number of nitrogens with zero attached hydrogens (tertiary/aromatic N) is 4. The number of Topliss-reactive ketones (excluding diaryl/α,β-unsaturated/α-hetero) is 4.